The van der Waals surface area contributed by atoms with E-state index in [9.17, 15) is 23.3 Å². The summed E-state index contributed by atoms with van der Waals surface area (Å²) in [6.07, 6.45) is 1.13. The zero-order valence-electron chi connectivity index (χ0n) is 15.5. The predicted octanol–water partition coefficient (Wildman–Crippen LogP) is 2.78. The van der Waals surface area contributed by atoms with Crippen molar-refractivity contribution in [2.24, 2.45) is 10.3 Å². The lowest BCUT2D eigenvalue weighted by Crippen LogP contribution is -2.31. The third kappa shape index (κ3) is 4.68. The predicted molar refractivity (Wildman–Crippen MR) is 99.6 cm³/mol. The van der Waals surface area contributed by atoms with Gasteiger partial charge in [0.15, 0.2) is 5.78 Å². The van der Waals surface area contributed by atoms with Crippen molar-refractivity contribution in [1.82, 2.24) is 4.57 Å². The number of Topliss-reactive ketones (excluding diaryl/α,β-unsaturated/α-hetero) is 1. The van der Waals surface area contributed by atoms with E-state index in [0.29, 0.717) is 0 Å². The minimum absolute atomic E-state index is 0.000780. The van der Waals surface area contributed by atoms with Gasteiger partial charge in [0.25, 0.3) is 15.7 Å². The Hall–Kier alpha value is -2.81. The van der Waals surface area contributed by atoms with Crippen LogP contribution in [-0.4, -0.2) is 23.7 Å². The minimum atomic E-state index is -4.04. The third-order valence-corrected chi connectivity index (χ3v) is 5.38. The van der Waals surface area contributed by atoms with Gasteiger partial charge in [-0.2, -0.15) is 8.42 Å². The molecule has 0 aliphatic heterocycles. The van der Waals surface area contributed by atoms with Crippen LogP contribution in [0.2, 0.25) is 0 Å². The van der Waals surface area contributed by atoms with E-state index in [0.717, 1.165) is 17.8 Å². The van der Waals surface area contributed by atoms with Crippen molar-refractivity contribution in [2.45, 2.75) is 38.6 Å². The van der Waals surface area contributed by atoms with Crippen molar-refractivity contribution in [1.29, 1.82) is 0 Å². The van der Waals surface area contributed by atoms with E-state index in [-0.39, 0.29) is 27.8 Å². The largest absolute Gasteiger partial charge is 0.316 e. The van der Waals surface area contributed by atoms with Crippen LogP contribution in [0, 0.1) is 23.0 Å². The van der Waals surface area contributed by atoms with Crippen molar-refractivity contribution in [3.8, 4) is 0 Å². The number of aromatic nitrogens is 1. The van der Waals surface area contributed by atoms with Gasteiger partial charge < -0.3 is 4.57 Å². The van der Waals surface area contributed by atoms with Crippen LogP contribution in [0.3, 0.4) is 0 Å². The Morgan fingerprint density at radius 1 is 1.11 bits per heavy atom. The maximum absolute atomic E-state index is 12.6. The maximum atomic E-state index is 12.6. The SMILES string of the molecule is Cc1ccc(S(=O)(=O)N=c2ccc([N+](=O)[O-])cn2C(C)C(=O)C(C)C)cc1. The average molecular weight is 391 g/mol. The molecule has 1 aromatic heterocycles. The summed E-state index contributed by atoms with van der Waals surface area (Å²) in [6.45, 7) is 6.80. The monoisotopic (exact) mass is 391 g/mol. The molecule has 1 atom stereocenters. The summed E-state index contributed by atoms with van der Waals surface area (Å²) >= 11 is 0. The summed E-state index contributed by atoms with van der Waals surface area (Å²) in [7, 11) is -4.04. The van der Waals surface area contributed by atoms with E-state index >= 15 is 0 Å². The Morgan fingerprint density at radius 3 is 2.22 bits per heavy atom. The van der Waals surface area contributed by atoms with Crippen LogP contribution in [0.5, 0.6) is 0 Å². The number of nitrogens with zero attached hydrogens (tertiary/aromatic N) is 3. The summed E-state index contributed by atoms with van der Waals surface area (Å²) in [6, 6.07) is 7.76. The van der Waals surface area contributed by atoms with Crippen LogP contribution >= 0.6 is 0 Å². The zero-order valence-corrected chi connectivity index (χ0v) is 16.3. The van der Waals surface area contributed by atoms with Gasteiger partial charge in [-0.3, -0.25) is 14.9 Å². The minimum Gasteiger partial charge on any atom is -0.316 e. The lowest BCUT2D eigenvalue weighted by molar-refractivity contribution is -0.385. The Balaban J connectivity index is 2.67. The highest BCUT2D eigenvalue weighted by atomic mass is 32.2. The molecular formula is C18H21N3O5S. The highest BCUT2D eigenvalue weighted by Crippen LogP contribution is 2.16. The number of hydrogen-bond donors (Lipinski definition) is 0. The van der Waals surface area contributed by atoms with Gasteiger partial charge in [-0.25, -0.2) is 0 Å². The number of carbonyl (C=O) groups is 1. The molecule has 0 aliphatic rings. The second-order valence-corrected chi connectivity index (χ2v) is 8.13. The van der Waals surface area contributed by atoms with Crippen LogP contribution in [0.15, 0.2) is 51.9 Å². The Labute approximate surface area is 157 Å². The molecule has 0 radical (unpaired) electrons. The molecule has 0 bridgehead atoms. The number of benzene rings is 1. The molecule has 1 heterocycles. The maximum Gasteiger partial charge on any atom is 0.285 e. The van der Waals surface area contributed by atoms with Gasteiger partial charge in [-0.15, -0.1) is 4.40 Å². The van der Waals surface area contributed by atoms with Crippen LogP contribution in [0.25, 0.3) is 0 Å². The molecular weight excluding hydrogens is 370 g/mol. The highest BCUT2D eigenvalue weighted by molar-refractivity contribution is 7.90. The van der Waals surface area contributed by atoms with E-state index in [1.54, 1.807) is 32.9 Å². The van der Waals surface area contributed by atoms with Gasteiger partial charge in [-0.05, 0) is 32.0 Å². The first kappa shape index (κ1) is 20.5. The Morgan fingerprint density at radius 2 is 1.70 bits per heavy atom. The summed E-state index contributed by atoms with van der Waals surface area (Å²) < 4.78 is 30.3. The van der Waals surface area contributed by atoms with Crippen molar-refractivity contribution in [3.63, 3.8) is 0 Å². The first-order valence-electron chi connectivity index (χ1n) is 8.31. The van der Waals surface area contributed by atoms with Gasteiger partial charge in [0.1, 0.15) is 5.49 Å². The normalized spacial score (nSPS) is 13.6. The number of aryl methyl sites for hydroxylation is 1. The molecule has 2 aromatic rings. The summed E-state index contributed by atoms with van der Waals surface area (Å²) in [5.74, 6) is -0.516. The number of sulfonamides is 1. The fraction of sp³-hybridized carbons (Fsp3) is 0.333. The molecule has 0 fully saturated rings. The zero-order chi connectivity index (χ0) is 20.4. The van der Waals surface area contributed by atoms with Crippen molar-refractivity contribution in [2.75, 3.05) is 0 Å². The van der Waals surface area contributed by atoms with Gasteiger partial charge in [0.2, 0.25) is 0 Å². The number of pyridine rings is 1. The molecule has 0 spiro atoms. The van der Waals surface area contributed by atoms with Gasteiger partial charge in [-0.1, -0.05) is 31.5 Å². The highest BCUT2D eigenvalue weighted by Gasteiger charge is 2.21. The standard InChI is InChI=1S/C18H21N3O5S/c1-12(2)18(22)14(4)20-11-15(21(23)24)7-10-17(20)19-27(25,26)16-8-5-13(3)6-9-16/h5-12,14H,1-4H3. The Bertz CT molecular complexity index is 1040. The number of rotatable bonds is 6. The molecule has 1 aromatic carbocycles. The van der Waals surface area contributed by atoms with Gasteiger partial charge in [0.05, 0.1) is 22.1 Å². The van der Waals surface area contributed by atoms with Crippen LogP contribution in [-0.2, 0) is 14.8 Å². The number of nitro groups is 1. The van der Waals surface area contributed by atoms with Crippen LogP contribution in [0.1, 0.15) is 32.4 Å². The smallest absolute Gasteiger partial charge is 0.285 e. The van der Waals surface area contributed by atoms with E-state index < -0.39 is 21.0 Å². The molecule has 0 aliphatic carbocycles. The first-order valence-corrected chi connectivity index (χ1v) is 9.75. The molecule has 9 heteroatoms. The molecule has 0 N–H and O–H groups in total. The topological polar surface area (TPSA) is 112 Å². The second kappa shape index (κ2) is 7.83. The van der Waals surface area contributed by atoms with Crippen LogP contribution in [0.4, 0.5) is 5.69 Å². The molecule has 27 heavy (non-hydrogen) atoms. The van der Waals surface area contributed by atoms with Gasteiger partial charge >= 0.3 is 0 Å². The third-order valence-electron chi connectivity index (χ3n) is 4.08. The molecule has 8 nitrogen and oxygen atoms in total. The van der Waals surface area contributed by atoms with Crippen molar-refractivity contribution in [3.05, 3.63) is 63.8 Å². The fourth-order valence-corrected chi connectivity index (χ4v) is 3.49. The number of hydrogen-bond acceptors (Lipinski definition) is 5. The number of carbonyl (C=O) groups excluding carboxylic acids is 1. The first-order chi connectivity index (χ1) is 12.5. The summed E-state index contributed by atoms with van der Waals surface area (Å²) in [5.41, 5.74) is 0.586. The molecule has 1 unspecified atom stereocenters. The van der Waals surface area contributed by atoms with Crippen LogP contribution < -0.4 is 5.49 Å². The molecule has 144 valence electrons. The summed E-state index contributed by atoms with van der Waals surface area (Å²) in [4.78, 5) is 22.8. The lowest BCUT2D eigenvalue weighted by atomic mass is 10.0. The fourth-order valence-electron chi connectivity index (χ4n) is 2.50. The van der Waals surface area contributed by atoms with E-state index in [2.05, 4.69) is 4.40 Å². The summed E-state index contributed by atoms with van der Waals surface area (Å²) in [5, 5.41) is 11.1. The van der Waals surface area contributed by atoms with E-state index in [1.807, 2.05) is 6.92 Å². The number of ketones is 1. The molecule has 0 saturated carbocycles. The molecule has 0 saturated heterocycles. The van der Waals surface area contributed by atoms with Gasteiger partial charge in [0, 0.05) is 12.0 Å². The molecule has 2 rings (SSSR count). The molecule has 0 amide bonds. The van der Waals surface area contributed by atoms with Crippen molar-refractivity contribution < 1.29 is 18.1 Å². The van der Waals surface area contributed by atoms with Crippen molar-refractivity contribution >= 4 is 21.5 Å². The Kier molecular flexibility index (Phi) is 5.94. The second-order valence-electron chi connectivity index (χ2n) is 6.52. The quantitative estimate of drug-likeness (QED) is 0.555. The average Bonchev–Trinajstić information content (AvgIpc) is 2.60. The van der Waals surface area contributed by atoms with E-state index in [1.165, 1.54) is 22.8 Å². The lowest BCUT2D eigenvalue weighted by Gasteiger charge is -2.17. The van der Waals surface area contributed by atoms with E-state index in [4.69, 9.17) is 0 Å².